The third-order valence-electron chi connectivity index (χ3n) is 5.67. The van der Waals surface area contributed by atoms with E-state index < -0.39 is 5.60 Å². The fourth-order valence-electron chi connectivity index (χ4n) is 3.87. The highest BCUT2D eigenvalue weighted by Gasteiger charge is 2.33. The second-order valence-electron chi connectivity index (χ2n) is 8.44. The molecule has 1 N–H and O–H groups in total. The van der Waals surface area contributed by atoms with Gasteiger partial charge in [0, 0.05) is 12.6 Å². The number of amides is 1. The van der Waals surface area contributed by atoms with Crippen molar-refractivity contribution in [1.29, 1.82) is 0 Å². The molecular weight excluding hydrogens is 382 g/mol. The van der Waals surface area contributed by atoms with Gasteiger partial charge >= 0.3 is 0 Å². The second-order valence-corrected chi connectivity index (χ2v) is 8.44. The van der Waals surface area contributed by atoms with E-state index in [-0.39, 0.29) is 18.0 Å². The summed E-state index contributed by atoms with van der Waals surface area (Å²) in [6.45, 7) is 7.88. The van der Waals surface area contributed by atoms with Gasteiger partial charge in [-0.1, -0.05) is 12.1 Å². The predicted octanol–water partition coefficient (Wildman–Crippen LogP) is 2.26. The zero-order valence-electron chi connectivity index (χ0n) is 17.7. The Balaban J connectivity index is 1.63. The topological polar surface area (TPSA) is 102 Å². The van der Waals surface area contributed by atoms with Gasteiger partial charge in [-0.15, -0.1) is 0 Å². The van der Waals surface area contributed by atoms with Gasteiger partial charge in [0.15, 0.2) is 0 Å². The molecule has 1 fully saturated rings. The highest BCUT2D eigenvalue weighted by molar-refractivity contribution is 5.98. The van der Waals surface area contributed by atoms with Crippen molar-refractivity contribution < 1.29 is 9.90 Å². The summed E-state index contributed by atoms with van der Waals surface area (Å²) in [5.74, 6) is -0.0573. The maximum Gasteiger partial charge on any atom is 0.256 e. The fraction of sp³-hybridized carbons (Fsp3) is 0.476. The number of benzene rings is 1. The van der Waals surface area contributed by atoms with Crippen molar-refractivity contribution in [3.8, 4) is 5.69 Å². The van der Waals surface area contributed by atoms with Crippen LogP contribution in [0.1, 0.15) is 61.3 Å². The molecule has 30 heavy (non-hydrogen) atoms. The zero-order valence-corrected chi connectivity index (χ0v) is 17.7. The van der Waals surface area contributed by atoms with Crippen LogP contribution in [0.4, 0.5) is 0 Å². The van der Waals surface area contributed by atoms with E-state index in [0.29, 0.717) is 23.5 Å². The molecule has 3 aromatic rings. The van der Waals surface area contributed by atoms with Crippen molar-refractivity contribution in [2.45, 2.75) is 58.2 Å². The number of piperidine rings is 1. The van der Waals surface area contributed by atoms with E-state index in [4.69, 9.17) is 0 Å². The first-order chi connectivity index (χ1) is 14.3. The highest BCUT2D eigenvalue weighted by atomic mass is 16.3. The summed E-state index contributed by atoms with van der Waals surface area (Å²) in [5.41, 5.74) is 1.67. The number of rotatable bonds is 4. The van der Waals surface area contributed by atoms with E-state index in [2.05, 4.69) is 27.3 Å². The Bertz CT molecular complexity index is 1040. The molecule has 9 nitrogen and oxygen atoms in total. The Morgan fingerprint density at radius 3 is 2.57 bits per heavy atom. The molecular formula is C21H27N7O2. The molecule has 9 heteroatoms. The van der Waals surface area contributed by atoms with Crippen LogP contribution in [0.3, 0.4) is 0 Å². The molecule has 3 heterocycles. The summed E-state index contributed by atoms with van der Waals surface area (Å²) in [6.07, 6.45) is 6.50. The van der Waals surface area contributed by atoms with Crippen LogP contribution in [-0.2, 0) is 5.60 Å². The number of carbonyl (C=O) groups is 1. The van der Waals surface area contributed by atoms with Gasteiger partial charge in [-0.25, -0.2) is 0 Å². The maximum atomic E-state index is 13.6. The van der Waals surface area contributed by atoms with Crippen LogP contribution in [0.25, 0.3) is 5.69 Å². The Labute approximate surface area is 175 Å². The molecule has 1 aromatic carbocycles. The summed E-state index contributed by atoms with van der Waals surface area (Å²) in [5, 5.41) is 27.5. The summed E-state index contributed by atoms with van der Waals surface area (Å²) in [6, 6.07) is 5.70. The van der Waals surface area contributed by atoms with Crippen LogP contribution in [0, 0.1) is 6.92 Å². The largest absolute Gasteiger partial charge is 0.384 e. The van der Waals surface area contributed by atoms with Gasteiger partial charge in [-0.05, 0) is 52.2 Å². The maximum absolute atomic E-state index is 13.6. The Morgan fingerprint density at radius 2 is 1.90 bits per heavy atom. The average Bonchev–Trinajstić information content (AvgIpc) is 3.39. The summed E-state index contributed by atoms with van der Waals surface area (Å²) >= 11 is 0. The molecule has 4 rings (SSSR count). The molecule has 158 valence electrons. The van der Waals surface area contributed by atoms with Crippen molar-refractivity contribution in [3.05, 3.63) is 53.6 Å². The van der Waals surface area contributed by atoms with Crippen molar-refractivity contribution >= 4 is 5.91 Å². The van der Waals surface area contributed by atoms with Crippen LogP contribution in [-0.4, -0.2) is 58.5 Å². The zero-order chi connectivity index (χ0) is 21.5. The Hall–Kier alpha value is -3.07. The van der Waals surface area contributed by atoms with Gasteiger partial charge in [0.2, 0.25) is 0 Å². The molecule has 0 aliphatic carbocycles. The first kappa shape index (κ1) is 20.2. The van der Waals surface area contributed by atoms with E-state index >= 15 is 0 Å². The van der Waals surface area contributed by atoms with Crippen LogP contribution in [0.15, 0.2) is 36.8 Å². The smallest absolute Gasteiger partial charge is 0.256 e. The number of nitrogens with zero attached hydrogens (tertiary/aromatic N) is 7. The third-order valence-corrected chi connectivity index (χ3v) is 5.67. The first-order valence-corrected chi connectivity index (χ1v) is 10.2. The minimum atomic E-state index is -1.05. The number of aliphatic hydroxyl groups is 1. The molecule has 0 bridgehead atoms. The van der Waals surface area contributed by atoms with Crippen LogP contribution in [0.2, 0.25) is 0 Å². The van der Waals surface area contributed by atoms with Crippen LogP contribution >= 0.6 is 0 Å². The minimum Gasteiger partial charge on any atom is -0.384 e. The van der Waals surface area contributed by atoms with Crippen molar-refractivity contribution in [2.75, 3.05) is 6.54 Å². The normalized spacial score (nSPS) is 19.8. The van der Waals surface area contributed by atoms with Crippen molar-refractivity contribution in [2.24, 2.45) is 0 Å². The van der Waals surface area contributed by atoms with Crippen molar-refractivity contribution in [3.63, 3.8) is 0 Å². The molecule has 0 radical (unpaired) electrons. The number of carbonyl (C=O) groups excluding carboxylic acids is 1. The number of aromatic nitrogens is 6. The first-order valence-electron chi connectivity index (χ1n) is 10.2. The number of hydrogen-bond acceptors (Lipinski definition) is 6. The lowest BCUT2D eigenvalue weighted by Crippen LogP contribution is -2.46. The number of likely N-dealkylation sites (tertiary alicyclic amines) is 1. The number of para-hydroxylation sites is 1. The molecule has 1 aliphatic rings. The van der Waals surface area contributed by atoms with E-state index in [1.807, 2.05) is 30.0 Å². The molecule has 1 saturated heterocycles. The summed E-state index contributed by atoms with van der Waals surface area (Å²) < 4.78 is 0. The van der Waals surface area contributed by atoms with Crippen molar-refractivity contribution in [1.82, 2.24) is 34.9 Å². The molecule has 2 atom stereocenters. The Kier molecular flexibility index (Phi) is 5.15. The number of aryl methyl sites for hydroxylation is 1. The molecule has 0 spiro atoms. The quantitative estimate of drug-likeness (QED) is 0.709. The summed E-state index contributed by atoms with van der Waals surface area (Å²) in [7, 11) is 0. The van der Waals surface area contributed by atoms with Gasteiger partial charge < -0.3 is 10.0 Å². The molecule has 0 unspecified atom stereocenters. The average molecular weight is 409 g/mol. The third kappa shape index (κ3) is 3.72. The molecule has 1 aliphatic heterocycles. The Morgan fingerprint density at radius 1 is 1.17 bits per heavy atom. The summed E-state index contributed by atoms with van der Waals surface area (Å²) in [4.78, 5) is 18.6. The number of hydrogen-bond donors (Lipinski definition) is 1. The van der Waals surface area contributed by atoms with Crippen LogP contribution in [0.5, 0.6) is 0 Å². The highest BCUT2D eigenvalue weighted by Crippen LogP contribution is 2.29. The molecule has 2 aromatic heterocycles. The second kappa shape index (κ2) is 7.64. The van der Waals surface area contributed by atoms with E-state index in [1.165, 1.54) is 4.80 Å². The van der Waals surface area contributed by atoms with E-state index in [1.54, 1.807) is 37.2 Å². The fourth-order valence-corrected chi connectivity index (χ4v) is 3.87. The monoisotopic (exact) mass is 409 g/mol. The van der Waals surface area contributed by atoms with Crippen LogP contribution < -0.4 is 0 Å². The van der Waals surface area contributed by atoms with E-state index in [0.717, 1.165) is 18.4 Å². The van der Waals surface area contributed by atoms with Gasteiger partial charge in [0.1, 0.15) is 17.0 Å². The molecule has 1 amide bonds. The predicted molar refractivity (Wildman–Crippen MR) is 110 cm³/mol. The lowest BCUT2D eigenvalue weighted by atomic mass is 9.97. The standard InChI is InChI=1S/C21H27N7O2/c1-14-6-5-7-17(19(14)28-22-10-11-23-28)20(29)26-13-16(9-8-15(26)2)27-24-12-18(25-27)21(3,4)30/h5-7,10-12,15-16,30H,8-9,13H2,1-4H3/t15-,16-/m1/s1. The van der Waals surface area contributed by atoms with Gasteiger partial charge in [0.05, 0.1) is 30.2 Å². The SMILES string of the molecule is Cc1cccc(C(=O)N2C[C@H](n3ncc(C(C)(C)O)n3)CC[C@H]2C)c1-n1nccn1. The van der Waals surface area contributed by atoms with E-state index in [9.17, 15) is 9.90 Å². The van der Waals surface area contributed by atoms with Gasteiger partial charge in [0.25, 0.3) is 5.91 Å². The minimum absolute atomic E-state index is 0.0441. The lowest BCUT2D eigenvalue weighted by Gasteiger charge is -2.38. The molecule has 0 saturated carbocycles. The van der Waals surface area contributed by atoms with Gasteiger partial charge in [-0.2, -0.15) is 30.0 Å². The van der Waals surface area contributed by atoms with Gasteiger partial charge in [-0.3, -0.25) is 4.79 Å². The lowest BCUT2D eigenvalue weighted by molar-refractivity contribution is 0.0533.